The number of benzene rings is 2. The third kappa shape index (κ3) is 4.70. The van der Waals surface area contributed by atoms with Crippen molar-refractivity contribution in [1.82, 2.24) is 10.2 Å². The molecule has 0 aromatic heterocycles. The second-order valence-electron chi connectivity index (χ2n) is 7.99. The number of nitrogens with one attached hydrogen (secondary N) is 1. The number of anilines is 1. The van der Waals surface area contributed by atoms with Crippen molar-refractivity contribution in [2.75, 3.05) is 31.1 Å². The average molecular weight is 386 g/mol. The van der Waals surface area contributed by atoms with Crippen LogP contribution >= 0.6 is 0 Å². The lowest BCUT2D eigenvalue weighted by Crippen LogP contribution is -2.42. The fourth-order valence-electron chi connectivity index (χ4n) is 4.37. The molecule has 3 nitrogen and oxygen atoms in total. The number of likely N-dealkylation sites (tertiary alicyclic amines) is 1. The predicted octanol–water partition coefficient (Wildman–Crippen LogP) is 4.32. The second-order valence-corrected chi connectivity index (χ2v) is 7.99. The first-order valence-electron chi connectivity index (χ1n) is 10.4. The molecular weight excluding hydrogens is 356 g/mol. The molecule has 2 aromatic carbocycles. The summed E-state index contributed by atoms with van der Waals surface area (Å²) in [5, 5.41) is 3.59. The van der Waals surface area contributed by atoms with Gasteiger partial charge in [0.05, 0.1) is 0 Å². The van der Waals surface area contributed by atoms with E-state index < -0.39 is 0 Å². The molecule has 2 saturated heterocycles. The zero-order valence-corrected chi connectivity index (χ0v) is 16.3. The van der Waals surface area contributed by atoms with Gasteiger partial charge in [-0.25, -0.2) is 8.78 Å². The van der Waals surface area contributed by atoms with Crippen LogP contribution in [0.15, 0.2) is 42.5 Å². The number of hydrogen-bond acceptors (Lipinski definition) is 3. The molecule has 0 saturated carbocycles. The summed E-state index contributed by atoms with van der Waals surface area (Å²) in [7, 11) is 0. The van der Waals surface area contributed by atoms with E-state index >= 15 is 0 Å². The van der Waals surface area contributed by atoms with Crippen LogP contribution in [-0.4, -0.2) is 37.1 Å². The minimum atomic E-state index is -0.187. The molecule has 0 atom stereocenters. The van der Waals surface area contributed by atoms with Crippen LogP contribution in [-0.2, 0) is 13.1 Å². The predicted molar refractivity (Wildman–Crippen MR) is 109 cm³/mol. The van der Waals surface area contributed by atoms with Crippen molar-refractivity contribution < 1.29 is 8.78 Å². The van der Waals surface area contributed by atoms with Crippen molar-refractivity contribution in [1.29, 1.82) is 0 Å². The van der Waals surface area contributed by atoms with E-state index in [1.807, 2.05) is 18.2 Å². The van der Waals surface area contributed by atoms with Gasteiger partial charge in [-0.2, -0.15) is 0 Å². The molecule has 0 aliphatic carbocycles. The van der Waals surface area contributed by atoms with Crippen LogP contribution in [0.5, 0.6) is 0 Å². The average Bonchev–Trinajstić information content (AvgIpc) is 3.24. The topological polar surface area (TPSA) is 18.5 Å². The summed E-state index contributed by atoms with van der Waals surface area (Å²) in [6.45, 7) is 5.51. The molecule has 150 valence electrons. The molecule has 2 aliphatic heterocycles. The Hall–Kier alpha value is -1.98. The monoisotopic (exact) mass is 385 g/mol. The van der Waals surface area contributed by atoms with E-state index in [0.717, 1.165) is 62.4 Å². The van der Waals surface area contributed by atoms with E-state index in [4.69, 9.17) is 0 Å². The van der Waals surface area contributed by atoms with Crippen LogP contribution < -0.4 is 10.2 Å². The van der Waals surface area contributed by atoms with Gasteiger partial charge < -0.3 is 10.2 Å². The largest absolute Gasteiger partial charge is 0.371 e. The summed E-state index contributed by atoms with van der Waals surface area (Å²) in [4.78, 5) is 4.72. The highest BCUT2D eigenvalue weighted by Crippen LogP contribution is 2.27. The van der Waals surface area contributed by atoms with Gasteiger partial charge in [-0.3, -0.25) is 4.90 Å². The maximum absolute atomic E-state index is 14.5. The van der Waals surface area contributed by atoms with Gasteiger partial charge in [0.15, 0.2) is 0 Å². The number of rotatable bonds is 6. The first-order valence-corrected chi connectivity index (χ1v) is 10.4. The Morgan fingerprint density at radius 1 is 0.893 bits per heavy atom. The summed E-state index contributed by atoms with van der Waals surface area (Å²) in [5.74, 6) is -0.293. The quantitative estimate of drug-likeness (QED) is 0.799. The van der Waals surface area contributed by atoms with Crippen LogP contribution in [0.1, 0.15) is 36.8 Å². The Labute approximate surface area is 166 Å². The zero-order chi connectivity index (χ0) is 19.3. The Morgan fingerprint density at radius 2 is 1.61 bits per heavy atom. The van der Waals surface area contributed by atoms with Gasteiger partial charge in [0, 0.05) is 43.5 Å². The number of halogens is 2. The molecule has 0 bridgehead atoms. The second kappa shape index (κ2) is 9.01. The third-order valence-corrected chi connectivity index (χ3v) is 6.02. The molecule has 0 amide bonds. The molecule has 2 aliphatic rings. The number of nitrogens with zero attached hydrogens (tertiary/aromatic N) is 2. The highest BCUT2D eigenvalue weighted by molar-refractivity contribution is 5.54. The number of piperidine rings is 1. The van der Waals surface area contributed by atoms with E-state index in [1.54, 1.807) is 6.07 Å². The van der Waals surface area contributed by atoms with Gasteiger partial charge in [-0.15, -0.1) is 0 Å². The van der Waals surface area contributed by atoms with Crippen LogP contribution in [0.3, 0.4) is 0 Å². The number of hydrogen-bond donors (Lipinski definition) is 1. The lowest BCUT2D eigenvalue weighted by molar-refractivity contribution is 0.190. The van der Waals surface area contributed by atoms with E-state index in [9.17, 15) is 8.78 Å². The summed E-state index contributed by atoms with van der Waals surface area (Å²) in [6.07, 6.45) is 4.48. The van der Waals surface area contributed by atoms with Crippen molar-refractivity contribution in [2.45, 2.75) is 44.8 Å². The van der Waals surface area contributed by atoms with E-state index in [-0.39, 0.29) is 11.6 Å². The molecular formula is C23H29F2N3. The lowest BCUT2D eigenvalue weighted by Gasteiger charge is -2.33. The summed E-state index contributed by atoms with van der Waals surface area (Å²) < 4.78 is 27.5. The molecule has 0 radical (unpaired) electrons. The van der Waals surface area contributed by atoms with Gasteiger partial charge in [0.2, 0.25) is 0 Å². The van der Waals surface area contributed by atoms with Crippen molar-refractivity contribution in [3.8, 4) is 0 Å². The Balaban J connectivity index is 1.29. The van der Waals surface area contributed by atoms with E-state index in [1.165, 1.54) is 25.0 Å². The fraction of sp³-hybridized carbons (Fsp3) is 0.478. The molecule has 2 aromatic rings. The third-order valence-electron chi connectivity index (χ3n) is 6.02. The van der Waals surface area contributed by atoms with Crippen LogP contribution in [0.25, 0.3) is 0 Å². The van der Waals surface area contributed by atoms with Gasteiger partial charge in [-0.05, 0) is 68.6 Å². The Kier molecular flexibility index (Phi) is 6.23. The molecule has 0 unspecified atom stereocenters. The van der Waals surface area contributed by atoms with Crippen molar-refractivity contribution in [3.05, 3.63) is 65.2 Å². The maximum atomic E-state index is 14.5. The van der Waals surface area contributed by atoms with E-state index in [2.05, 4.69) is 21.2 Å². The molecule has 2 heterocycles. The van der Waals surface area contributed by atoms with Crippen LogP contribution in [0.2, 0.25) is 0 Å². The molecule has 2 fully saturated rings. The fourth-order valence-corrected chi connectivity index (χ4v) is 4.37. The van der Waals surface area contributed by atoms with Crippen molar-refractivity contribution in [3.63, 3.8) is 0 Å². The standard InChI is InChI=1S/C23H29F2N3/c24-19-8-6-18(7-9-19)17-27-14-10-20(11-15-27)26-16-21-22(25)4-3-5-23(21)28-12-1-2-13-28/h3-9,20,26H,1-2,10-17H2. The SMILES string of the molecule is Fc1ccc(CN2CCC(NCc3c(F)cccc3N3CCCC3)CC2)cc1. The minimum absolute atomic E-state index is 0.106. The smallest absolute Gasteiger partial charge is 0.129 e. The van der Waals surface area contributed by atoms with Gasteiger partial charge in [0.25, 0.3) is 0 Å². The maximum Gasteiger partial charge on any atom is 0.129 e. The lowest BCUT2D eigenvalue weighted by atomic mass is 10.0. The molecule has 4 rings (SSSR count). The Bertz CT molecular complexity index is 764. The molecule has 1 N–H and O–H groups in total. The molecule has 0 spiro atoms. The van der Waals surface area contributed by atoms with Crippen molar-refractivity contribution >= 4 is 5.69 Å². The normalized spacial score (nSPS) is 18.7. The summed E-state index contributed by atoms with van der Waals surface area (Å²) >= 11 is 0. The highest BCUT2D eigenvalue weighted by atomic mass is 19.1. The van der Waals surface area contributed by atoms with Gasteiger partial charge in [0.1, 0.15) is 11.6 Å². The minimum Gasteiger partial charge on any atom is -0.371 e. The van der Waals surface area contributed by atoms with Gasteiger partial charge >= 0.3 is 0 Å². The zero-order valence-electron chi connectivity index (χ0n) is 16.3. The summed E-state index contributed by atoms with van der Waals surface area (Å²) in [5.41, 5.74) is 3.01. The molecule has 28 heavy (non-hydrogen) atoms. The molecule has 5 heteroatoms. The van der Waals surface area contributed by atoms with Crippen LogP contribution in [0.4, 0.5) is 14.5 Å². The first kappa shape index (κ1) is 19.3. The highest BCUT2D eigenvalue weighted by Gasteiger charge is 2.22. The van der Waals surface area contributed by atoms with Gasteiger partial charge in [-0.1, -0.05) is 18.2 Å². The Morgan fingerprint density at radius 3 is 2.32 bits per heavy atom. The summed E-state index contributed by atoms with van der Waals surface area (Å²) in [6, 6.07) is 12.6. The first-order chi connectivity index (χ1) is 13.7. The van der Waals surface area contributed by atoms with Crippen LogP contribution in [0, 0.1) is 11.6 Å². The van der Waals surface area contributed by atoms with E-state index in [0.29, 0.717) is 12.6 Å². The van der Waals surface area contributed by atoms with Crippen molar-refractivity contribution in [2.24, 2.45) is 0 Å².